The van der Waals surface area contributed by atoms with Gasteiger partial charge in [0, 0.05) is 0 Å². The maximum atomic E-state index is 10.1. The molecule has 4 aliphatic carbocycles. The van der Waals surface area contributed by atoms with Crippen molar-refractivity contribution in [3.63, 3.8) is 0 Å². The van der Waals surface area contributed by atoms with Gasteiger partial charge in [-0.15, -0.1) is 0 Å². The molecule has 0 aromatic heterocycles. The first-order valence-electron chi connectivity index (χ1n) is 12.7. The molecular formula is C27H46O. The minimum atomic E-state index is 0.00313. The summed E-state index contributed by atoms with van der Waals surface area (Å²) in [5.74, 6) is 7.79. The Balaban J connectivity index is 1.46. The van der Waals surface area contributed by atoms with Gasteiger partial charge in [0.25, 0.3) is 0 Å². The van der Waals surface area contributed by atoms with Crippen LogP contribution in [0.3, 0.4) is 0 Å². The van der Waals surface area contributed by atoms with E-state index in [0.29, 0.717) is 11.3 Å². The van der Waals surface area contributed by atoms with Gasteiger partial charge in [-0.05, 0) is 116 Å². The SMILES string of the molecule is CC(C)[C@@H](C)/C=C/[C@@H](C)[C@H]1CC[C@@H]2[C@@H]3CC[C@H]4C[C@H](O)CC[C@@H]4[C@H]3CC[C@@]21C. The van der Waals surface area contributed by atoms with E-state index in [2.05, 4.69) is 46.8 Å². The summed E-state index contributed by atoms with van der Waals surface area (Å²) < 4.78 is 0. The Bertz CT molecular complexity index is 565. The van der Waals surface area contributed by atoms with Crippen LogP contribution in [-0.4, -0.2) is 11.2 Å². The van der Waals surface area contributed by atoms with Crippen molar-refractivity contribution in [1.82, 2.24) is 0 Å². The minimum absolute atomic E-state index is 0.00313. The second-order valence-corrected chi connectivity index (χ2v) is 12.0. The zero-order valence-electron chi connectivity index (χ0n) is 19.2. The highest BCUT2D eigenvalue weighted by atomic mass is 16.3. The van der Waals surface area contributed by atoms with Gasteiger partial charge in [0.15, 0.2) is 0 Å². The second kappa shape index (κ2) is 8.09. The summed E-state index contributed by atoms with van der Waals surface area (Å²) in [5, 5.41) is 10.1. The number of rotatable bonds is 4. The molecule has 1 nitrogen and oxygen atoms in total. The molecule has 0 aliphatic heterocycles. The summed E-state index contributed by atoms with van der Waals surface area (Å²) in [6.45, 7) is 12.2. The van der Waals surface area contributed by atoms with E-state index in [0.717, 1.165) is 60.2 Å². The van der Waals surface area contributed by atoms with Crippen molar-refractivity contribution in [3.05, 3.63) is 12.2 Å². The summed E-state index contributed by atoms with van der Waals surface area (Å²) in [5.41, 5.74) is 0.576. The largest absolute Gasteiger partial charge is 0.393 e. The quantitative estimate of drug-likeness (QED) is 0.511. The van der Waals surface area contributed by atoms with Crippen molar-refractivity contribution >= 4 is 0 Å². The fourth-order valence-electron chi connectivity index (χ4n) is 8.44. The molecule has 4 fully saturated rings. The molecule has 1 N–H and O–H groups in total. The van der Waals surface area contributed by atoms with Crippen LogP contribution in [0.2, 0.25) is 0 Å². The molecule has 0 heterocycles. The molecular weight excluding hydrogens is 340 g/mol. The Morgan fingerprint density at radius 3 is 2.32 bits per heavy atom. The highest BCUT2D eigenvalue weighted by Gasteiger charge is 2.57. The van der Waals surface area contributed by atoms with E-state index in [1.165, 1.54) is 44.9 Å². The van der Waals surface area contributed by atoms with Gasteiger partial charge < -0.3 is 5.11 Å². The van der Waals surface area contributed by atoms with Crippen LogP contribution in [0.25, 0.3) is 0 Å². The van der Waals surface area contributed by atoms with Gasteiger partial charge in [-0.2, -0.15) is 0 Å². The predicted molar refractivity (Wildman–Crippen MR) is 119 cm³/mol. The monoisotopic (exact) mass is 386 g/mol. The molecule has 0 aromatic carbocycles. The average molecular weight is 387 g/mol. The third kappa shape index (κ3) is 3.63. The molecule has 0 radical (unpaired) electrons. The summed E-state index contributed by atoms with van der Waals surface area (Å²) >= 11 is 0. The van der Waals surface area contributed by atoms with Crippen molar-refractivity contribution in [3.8, 4) is 0 Å². The fraction of sp³-hybridized carbons (Fsp3) is 0.926. The van der Waals surface area contributed by atoms with Crippen molar-refractivity contribution in [2.45, 2.75) is 98.5 Å². The maximum absolute atomic E-state index is 10.1. The predicted octanol–water partition coefficient (Wildman–Crippen LogP) is 7.10. The van der Waals surface area contributed by atoms with E-state index < -0.39 is 0 Å². The van der Waals surface area contributed by atoms with Crippen molar-refractivity contribution in [2.24, 2.45) is 58.7 Å². The van der Waals surface area contributed by atoms with Crippen LogP contribution < -0.4 is 0 Å². The zero-order valence-corrected chi connectivity index (χ0v) is 19.2. The standard InChI is InChI=1S/C27H46O/c1-17(2)18(3)6-7-19(4)25-12-13-26-24-10-8-20-16-21(28)9-11-22(20)23(24)14-15-27(25,26)5/h6-7,17-26,28H,8-16H2,1-5H3/b7-6+/t18-,19+,20-,21+,22-,23+,24+,25+,26+,27+/m0/s1. The molecule has 0 spiro atoms. The van der Waals surface area contributed by atoms with Crippen LogP contribution >= 0.6 is 0 Å². The lowest BCUT2D eigenvalue weighted by atomic mass is 9.49. The van der Waals surface area contributed by atoms with Gasteiger partial charge in [-0.25, -0.2) is 0 Å². The van der Waals surface area contributed by atoms with Crippen LogP contribution in [0.5, 0.6) is 0 Å². The molecule has 0 unspecified atom stereocenters. The molecule has 0 aromatic rings. The summed E-state index contributed by atoms with van der Waals surface area (Å²) in [6.07, 6.45) is 17.3. The van der Waals surface area contributed by atoms with E-state index in [1.807, 2.05) is 0 Å². The van der Waals surface area contributed by atoms with Gasteiger partial charge in [-0.1, -0.05) is 46.8 Å². The number of hydrogen-bond acceptors (Lipinski definition) is 1. The number of aliphatic hydroxyl groups is 1. The first-order valence-corrected chi connectivity index (χ1v) is 12.7. The molecule has 28 heavy (non-hydrogen) atoms. The lowest BCUT2D eigenvalue weighted by Gasteiger charge is -2.56. The number of aliphatic hydroxyl groups excluding tert-OH is 1. The zero-order chi connectivity index (χ0) is 20.1. The Morgan fingerprint density at radius 1 is 0.821 bits per heavy atom. The number of allylic oxidation sites excluding steroid dienone is 2. The Labute approximate surface area is 174 Å². The van der Waals surface area contributed by atoms with Crippen LogP contribution in [-0.2, 0) is 0 Å². The van der Waals surface area contributed by atoms with Gasteiger partial charge in [0.05, 0.1) is 6.10 Å². The van der Waals surface area contributed by atoms with Gasteiger partial charge in [0.2, 0.25) is 0 Å². The minimum Gasteiger partial charge on any atom is -0.393 e. The molecule has 10 atom stereocenters. The van der Waals surface area contributed by atoms with Crippen molar-refractivity contribution in [2.75, 3.05) is 0 Å². The van der Waals surface area contributed by atoms with E-state index in [9.17, 15) is 5.11 Å². The highest BCUT2D eigenvalue weighted by Crippen LogP contribution is 2.65. The van der Waals surface area contributed by atoms with E-state index in [-0.39, 0.29) is 6.10 Å². The van der Waals surface area contributed by atoms with Gasteiger partial charge in [0.1, 0.15) is 0 Å². The van der Waals surface area contributed by atoms with E-state index >= 15 is 0 Å². The molecule has 0 bridgehead atoms. The Kier molecular flexibility index (Phi) is 6.05. The van der Waals surface area contributed by atoms with Crippen LogP contribution in [0.15, 0.2) is 12.2 Å². The van der Waals surface area contributed by atoms with Crippen LogP contribution in [0, 0.1) is 58.7 Å². The lowest BCUT2D eigenvalue weighted by Crippen LogP contribution is -2.49. The third-order valence-corrected chi connectivity index (χ3v) is 10.4. The molecule has 1 heteroatoms. The molecule has 4 rings (SSSR count). The molecule has 160 valence electrons. The van der Waals surface area contributed by atoms with Crippen LogP contribution in [0.4, 0.5) is 0 Å². The number of hydrogen-bond donors (Lipinski definition) is 1. The van der Waals surface area contributed by atoms with E-state index in [1.54, 1.807) is 0 Å². The molecule has 0 saturated heterocycles. The third-order valence-electron chi connectivity index (χ3n) is 10.4. The van der Waals surface area contributed by atoms with Gasteiger partial charge >= 0.3 is 0 Å². The normalized spacial score (nSPS) is 48.2. The molecule has 4 saturated carbocycles. The van der Waals surface area contributed by atoms with Gasteiger partial charge in [-0.3, -0.25) is 0 Å². The lowest BCUT2D eigenvalue weighted by molar-refractivity contribution is -0.0800. The fourth-order valence-corrected chi connectivity index (χ4v) is 8.44. The molecule has 0 amide bonds. The van der Waals surface area contributed by atoms with Crippen molar-refractivity contribution < 1.29 is 5.11 Å². The van der Waals surface area contributed by atoms with Crippen molar-refractivity contribution in [1.29, 1.82) is 0 Å². The van der Waals surface area contributed by atoms with Crippen LogP contribution in [0.1, 0.15) is 92.4 Å². The Morgan fingerprint density at radius 2 is 1.57 bits per heavy atom. The van der Waals surface area contributed by atoms with E-state index in [4.69, 9.17) is 0 Å². The maximum Gasteiger partial charge on any atom is 0.0543 e. The number of fused-ring (bicyclic) bond motifs is 5. The smallest absolute Gasteiger partial charge is 0.0543 e. The second-order valence-electron chi connectivity index (χ2n) is 12.0. The molecule has 4 aliphatic rings. The first-order chi connectivity index (χ1) is 13.3. The summed E-state index contributed by atoms with van der Waals surface area (Å²) in [7, 11) is 0. The topological polar surface area (TPSA) is 20.2 Å². The Hall–Kier alpha value is -0.300. The average Bonchev–Trinajstić information content (AvgIpc) is 3.02. The summed E-state index contributed by atoms with van der Waals surface area (Å²) in [6, 6.07) is 0. The first kappa shape index (κ1) is 21.0. The summed E-state index contributed by atoms with van der Waals surface area (Å²) in [4.78, 5) is 0. The highest BCUT2D eigenvalue weighted by molar-refractivity contribution is 5.09.